The number of hydrogen-bond acceptors (Lipinski definition) is 6. The lowest BCUT2D eigenvalue weighted by molar-refractivity contribution is -0.137. The molecule has 0 N–H and O–H groups in total. The van der Waals surface area contributed by atoms with Gasteiger partial charge in [-0.1, -0.05) is 35.0 Å². The molecule has 0 atom stereocenters. The van der Waals surface area contributed by atoms with Gasteiger partial charge in [0.25, 0.3) is 5.56 Å². The molecule has 0 aliphatic heterocycles. The van der Waals surface area contributed by atoms with Crippen molar-refractivity contribution in [3.8, 4) is 11.8 Å². The molecule has 0 fully saturated rings. The van der Waals surface area contributed by atoms with Crippen LogP contribution in [-0.4, -0.2) is 23.8 Å². The van der Waals surface area contributed by atoms with Gasteiger partial charge >= 0.3 is 17.9 Å². The molecule has 0 saturated heterocycles. The molecule has 5 rings (SSSR count). The molecule has 5 aromatic rings. The molecule has 196 valence electrons. The van der Waals surface area contributed by atoms with E-state index in [9.17, 15) is 22.8 Å². The minimum absolute atomic E-state index is 0.00326. The molecule has 0 bridgehead atoms. The highest BCUT2D eigenvalue weighted by molar-refractivity contribution is 6.30. The van der Waals surface area contributed by atoms with E-state index in [-0.39, 0.29) is 36.0 Å². The van der Waals surface area contributed by atoms with Crippen LogP contribution in [0.15, 0.2) is 68.7 Å². The third kappa shape index (κ3) is 4.82. The number of ether oxygens (including phenoxy) is 1. The van der Waals surface area contributed by atoms with Crippen LogP contribution < -0.4 is 16.0 Å². The molecule has 13 heteroatoms. The minimum atomic E-state index is -4.58. The average Bonchev–Trinajstić information content (AvgIpc) is 3.44. The van der Waals surface area contributed by atoms with Crippen molar-refractivity contribution in [1.29, 1.82) is 0 Å². The summed E-state index contributed by atoms with van der Waals surface area (Å²) in [5, 5.41) is 4.35. The molecule has 38 heavy (non-hydrogen) atoms. The molecule has 9 nitrogen and oxygen atoms in total. The van der Waals surface area contributed by atoms with Crippen LogP contribution in [0.2, 0.25) is 5.02 Å². The van der Waals surface area contributed by atoms with E-state index in [1.165, 1.54) is 28.3 Å². The largest absolute Gasteiger partial charge is 0.425 e. The Balaban J connectivity index is 1.69. The van der Waals surface area contributed by atoms with Crippen LogP contribution in [0.4, 0.5) is 13.2 Å². The Hall–Kier alpha value is -4.32. The lowest BCUT2D eigenvalue weighted by Crippen LogP contribution is -2.40. The Morgan fingerprint density at radius 2 is 1.76 bits per heavy atom. The second kappa shape index (κ2) is 9.53. The summed E-state index contributed by atoms with van der Waals surface area (Å²) in [5.41, 5.74) is -1.16. The molecule has 0 saturated carbocycles. The van der Waals surface area contributed by atoms with Crippen molar-refractivity contribution in [3.05, 3.63) is 103 Å². The Kier molecular flexibility index (Phi) is 6.35. The predicted octanol–water partition coefficient (Wildman–Crippen LogP) is 4.75. The minimum Gasteiger partial charge on any atom is -0.425 e. The van der Waals surface area contributed by atoms with Crippen molar-refractivity contribution in [1.82, 2.24) is 23.8 Å². The lowest BCUT2D eigenvalue weighted by atomic mass is 10.2. The van der Waals surface area contributed by atoms with E-state index >= 15 is 0 Å². The molecule has 3 heterocycles. The SMILES string of the molecule is Cc1cc(Cn2c(=O)c3c(nc(Oc4cccc(C(F)(F)F)c4)n3Cc3ccc(Cl)cc3)n(C)c2=O)no1. The van der Waals surface area contributed by atoms with E-state index < -0.39 is 23.0 Å². The third-order valence-corrected chi connectivity index (χ3v) is 6.07. The van der Waals surface area contributed by atoms with Crippen LogP contribution in [0.5, 0.6) is 11.8 Å². The zero-order valence-corrected chi connectivity index (χ0v) is 20.7. The third-order valence-electron chi connectivity index (χ3n) is 5.82. The van der Waals surface area contributed by atoms with E-state index in [0.717, 1.165) is 16.7 Å². The Labute approximate surface area is 217 Å². The lowest BCUT2D eigenvalue weighted by Gasteiger charge is -2.12. The van der Waals surface area contributed by atoms with Crippen LogP contribution in [0, 0.1) is 6.92 Å². The van der Waals surface area contributed by atoms with Crippen molar-refractivity contribution in [2.45, 2.75) is 26.2 Å². The van der Waals surface area contributed by atoms with Crippen molar-refractivity contribution in [2.75, 3.05) is 0 Å². The van der Waals surface area contributed by atoms with Gasteiger partial charge in [-0.2, -0.15) is 18.2 Å². The maximum absolute atomic E-state index is 13.6. The number of aromatic nitrogens is 5. The van der Waals surface area contributed by atoms with Gasteiger partial charge in [-0.05, 0) is 42.8 Å². The fraction of sp³-hybridized carbons (Fsp3) is 0.200. The van der Waals surface area contributed by atoms with Crippen LogP contribution in [0.3, 0.4) is 0 Å². The Bertz CT molecular complexity index is 1770. The van der Waals surface area contributed by atoms with Gasteiger partial charge in [-0.25, -0.2) is 4.79 Å². The van der Waals surface area contributed by atoms with Gasteiger partial charge in [-0.3, -0.25) is 18.5 Å². The molecule has 2 aromatic carbocycles. The van der Waals surface area contributed by atoms with Crippen molar-refractivity contribution >= 4 is 22.8 Å². The Morgan fingerprint density at radius 3 is 2.42 bits per heavy atom. The highest BCUT2D eigenvalue weighted by Gasteiger charge is 2.31. The molecule has 0 aliphatic rings. The quantitative estimate of drug-likeness (QED) is 0.305. The van der Waals surface area contributed by atoms with Gasteiger partial charge in [0.2, 0.25) is 0 Å². The first-order valence-corrected chi connectivity index (χ1v) is 11.6. The Morgan fingerprint density at radius 1 is 1.03 bits per heavy atom. The summed E-state index contributed by atoms with van der Waals surface area (Å²) >= 11 is 6.00. The maximum Gasteiger partial charge on any atom is 0.416 e. The van der Waals surface area contributed by atoms with Crippen LogP contribution >= 0.6 is 11.6 Å². The number of rotatable bonds is 6. The first-order chi connectivity index (χ1) is 18.0. The highest BCUT2D eigenvalue weighted by atomic mass is 35.5. The van der Waals surface area contributed by atoms with Crippen LogP contribution in [-0.2, 0) is 26.3 Å². The molecule has 0 unspecified atom stereocenters. The van der Waals surface area contributed by atoms with Gasteiger partial charge < -0.3 is 9.26 Å². The van der Waals surface area contributed by atoms with E-state index in [4.69, 9.17) is 20.9 Å². The van der Waals surface area contributed by atoms with Crippen molar-refractivity contribution in [3.63, 3.8) is 0 Å². The number of halogens is 4. The van der Waals surface area contributed by atoms with E-state index in [0.29, 0.717) is 22.0 Å². The smallest absolute Gasteiger partial charge is 0.416 e. The molecule has 0 radical (unpaired) electrons. The fourth-order valence-electron chi connectivity index (χ4n) is 3.98. The number of benzene rings is 2. The predicted molar refractivity (Wildman–Crippen MR) is 132 cm³/mol. The molecule has 0 aliphatic carbocycles. The number of aryl methyl sites for hydroxylation is 2. The van der Waals surface area contributed by atoms with Gasteiger partial charge in [0.15, 0.2) is 11.2 Å². The zero-order chi connectivity index (χ0) is 27.2. The normalized spacial score (nSPS) is 11.8. The molecule has 0 spiro atoms. The van der Waals surface area contributed by atoms with Gasteiger partial charge in [0, 0.05) is 18.1 Å². The van der Waals surface area contributed by atoms with Crippen LogP contribution in [0.1, 0.15) is 22.6 Å². The summed E-state index contributed by atoms with van der Waals surface area (Å²) in [6.07, 6.45) is -4.58. The van der Waals surface area contributed by atoms with E-state index in [2.05, 4.69) is 10.1 Å². The summed E-state index contributed by atoms with van der Waals surface area (Å²) in [5.74, 6) is 0.367. The summed E-state index contributed by atoms with van der Waals surface area (Å²) in [6.45, 7) is 1.58. The number of hydrogen-bond donors (Lipinski definition) is 0. The number of imidazole rings is 1. The van der Waals surface area contributed by atoms with E-state index in [1.807, 2.05) is 0 Å². The van der Waals surface area contributed by atoms with Gasteiger partial charge in [-0.15, -0.1) is 0 Å². The topological polar surface area (TPSA) is 97.1 Å². The first-order valence-electron chi connectivity index (χ1n) is 11.2. The van der Waals surface area contributed by atoms with Gasteiger partial charge in [0.1, 0.15) is 17.2 Å². The van der Waals surface area contributed by atoms with Crippen molar-refractivity contribution < 1.29 is 22.4 Å². The second-order valence-electron chi connectivity index (χ2n) is 8.57. The summed E-state index contributed by atoms with van der Waals surface area (Å²) in [7, 11) is 1.43. The summed E-state index contributed by atoms with van der Waals surface area (Å²) in [6, 6.07) is 12.5. The monoisotopic (exact) mass is 545 g/mol. The summed E-state index contributed by atoms with van der Waals surface area (Å²) < 4.78 is 54.2. The standard InChI is InChI=1S/C25H19ClF3N5O4/c1-14-10-18(31-38-14)13-34-22(35)20-21(32(2)24(34)36)30-23(33(20)12-15-6-8-17(26)9-7-15)37-19-5-3-4-16(11-19)25(27,28)29/h3-11H,12-13H2,1-2H3. The average molecular weight is 546 g/mol. The highest BCUT2D eigenvalue weighted by Crippen LogP contribution is 2.33. The first kappa shape index (κ1) is 25.3. The van der Waals surface area contributed by atoms with Crippen molar-refractivity contribution in [2.24, 2.45) is 7.05 Å². The number of nitrogens with zero attached hydrogens (tertiary/aromatic N) is 5. The second-order valence-corrected chi connectivity index (χ2v) is 9.01. The van der Waals surface area contributed by atoms with Crippen LogP contribution in [0.25, 0.3) is 11.2 Å². The zero-order valence-electron chi connectivity index (χ0n) is 20.0. The number of fused-ring (bicyclic) bond motifs is 1. The molecular weight excluding hydrogens is 527 g/mol. The van der Waals surface area contributed by atoms with Gasteiger partial charge in [0.05, 0.1) is 18.7 Å². The molecule has 0 amide bonds. The molecule has 3 aromatic heterocycles. The van der Waals surface area contributed by atoms with E-state index in [1.54, 1.807) is 37.3 Å². The maximum atomic E-state index is 13.6. The fourth-order valence-corrected chi connectivity index (χ4v) is 4.11. The summed E-state index contributed by atoms with van der Waals surface area (Å²) in [4.78, 5) is 31.1. The molecular formula is C25H19ClF3N5O4. The number of alkyl halides is 3.